The van der Waals surface area contributed by atoms with Crippen LogP contribution in [0.3, 0.4) is 0 Å². The van der Waals surface area contributed by atoms with Gasteiger partial charge in [0.25, 0.3) is 0 Å². The topological polar surface area (TPSA) is 257 Å². The molecule has 1 spiro atoms. The van der Waals surface area contributed by atoms with E-state index in [-0.39, 0.29) is 5.96 Å². The van der Waals surface area contributed by atoms with E-state index in [2.05, 4.69) is 19.2 Å². The van der Waals surface area contributed by atoms with E-state index in [1.54, 1.807) is 0 Å². The van der Waals surface area contributed by atoms with Gasteiger partial charge in [0.2, 0.25) is 11.7 Å². The van der Waals surface area contributed by atoms with Crippen molar-refractivity contribution in [3.05, 3.63) is 0 Å². The molecule has 16 nitrogen and oxygen atoms in total. The summed E-state index contributed by atoms with van der Waals surface area (Å²) in [6.45, 7) is -1.29. The molecule has 10 N–H and O–H groups in total. The summed E-state index contributed by atoms with van der Waals surface area (Å²) in [5.41, 5.74) is 8.34. The zero-order valence-electron chi connectivity index (χ0n) is 13.4. The molecule has 0 bridgehead atoms. The number of hydroxylamine groups is 2. The smallest absolute Gasteiger partial charge is 0.404 e. The second-order valence-electron chi connectivity index (χ2n) is 6.07. The molecule has 4 atom stereocenters. The molecule has 0 radical (unpaired) electrons. The number of nitrogens with two attached hydrogens (primary N) is 2. The number of guanidine groups is 2. The number of aliphatic hydroxyl groups is 2. The highest BCUT2D eigenvalue weighted by Crippen LogP contribution is 2.47. The zero-order chi connectivity index (χ0) is 20.4. The van der Waals surface area contributed by atoms with Crippen LogP contribution >= 0.6 is 0 Å². The minimum Gasteiger partial charge on any atom is -0.447 e. The normalized spacial score (nSPS) is 34.6. The largest absolute Gasteiger partial charge is 0.447 e. The van der Waals surface area contributed by atoms with Crippen LogP contribution in [0.4, 0.5) is 4.79 Å². The second-order valence-corrected chi connectivity index (χ2v) is 7.11. The highest BCUT2D eigenvalue weighted by molar-refractivity contribution is 7.80. The minimum atomic E-state index is -5.11. The quantitative estimate of drug-likeness (QED) is 0.160. The molecular formula is C10H17N7O9S. The number of hydrogen-bond donors (Lipinski definition) is 8. The summed E-state index contributed by atoms with van der Waals surface area (Å²) in [6, 6.07) is -2.74. The first-order valence-corrected chi connectivity index (χ1v) is 8.66. The van der Waals surface area contributed by atoms with Crippen molar-refractivity contribution in [2.45, 2.75) is 29.6 Å². The van der Waals surface area contributed by atoms with Crippen LogP contribution in [-0.2, 0) is 19.3 Å². The molecule has 3 rings (SSSR count). The lowest BCUT2D eigenvalue weighted by atomic mass is 9.85. The monoisotopic (exact) mass is 411 g/mol. The fourth-order valence-electron chi connectivity index (χ4n) is 3.57. The second kappa shape index (κ2) is 5.78. The van der Waals surface area contributed by atoms with Crippen molar-refractivity contribution in [2.75, 3.05) is 13.2 Å². The van der Waals surface area contributed by atoms with Crippen molar-refractivity contribution < 1.29 is 42.1 Å². The maximum atomic E-state index is 11.1. The highest BCUT2D eigenvalue weighted by atomic mass is 32.3. The summed E-state index contributed by atoms with van der Waals surface area (Å²) in [5, 5.41) is 42.4. The molecule has 2 saturated heterocycles. The van der Waals surface area contributed by atoms with Gasteiger partial charge in [-0.2, -0.15) is 8.42 Å². The fourth-order valence-corrected chi connectivity index (χ4v) is 4.06. The first kappa shape index (κ1) is 19.3. The predicted molar refractivity (Wildman–Crippen MR) is 82.2 cm³/mol. The molecule has 0 aromatic heterocycles. The molecule has 0 unspecified atom stereocenters. The van der Waals surface area contributed by atoms with E-state index in [9.17, 15) is 28.6 Å². The molecule has 0 saturated carbocycles. The van der Waals surface area contributed by atoms with E-state index >= 15 is 0 Å². The van der Waals surface area contributed by atoms with Crippen LogP contribution in [0, 0.1) is 5.41 Å². The number of primary amides is 1. The van der Waals surface area contributed by atoms with Crippen molar-refractivity contribution in [3.8, 4) is 0 Å². The van der Waals surface area contributed by atoms with Crippen molar-refractivity contribution in [2.24, 2.45) is 16.5 Å². The van der Waals surface area contributed by atoms with E-state index < -0.39 is 65.2 Å². The van der Waals surface area contributed by atoms with Gasteiger partial charge in [0.1, 0.15) is 18.7 Å². The molecule has 1 amide bonds. The zero-order valence-corrected chi connectivity index (χ0v) is 14.2. The first-order valence-electron chi connectivity index (χ1n) is 7.29. The molecule has 3 heterocycles. The average Bonchev–Trinajstić information content (AvgIpc) is 2.96. The standard InChI is InChI=1S/C10H17N7O9S/c11-6-14-5-3(2-25-8(13)18)17(21)7(12)16-1-4(26-27(22,23)24)10(19,20)9(5,16)15-6/h3-5,12,19-21H,1-2H2,(H2,13,18)(H3,11,14,15)(H,22,23,24)/t3-,4+,5+,9-/m0/s1. The van der Waals surface area contributed by atoms with Crippen LogP contribution in [0.1, 0.15) is 0 Å². The van der Waals surface area contributed by atoms with Crippen LogP contribution < -0.4 is 16.8 Å². The van der Waals surface area contributed by atoms with Gasteiger partial charge >= 0.3 is 16.5 Å². The number of carbonyl (C=O) groups is 1. The summed E-state index contributed by atoms with van der Waals surface area (Å²) < 4.78 is 39.9. The SMILES string of the molecule is N=C1N(O)[C@@H](COC(N)=O)[C@H]2N=C(N)N[C@]23N1C[C@@H](OS(=O)(=O)O)C3(O)O. The van der Waals surface area contributed by atoms with Crippen molar-refractivity contribution in [3.63, 3.8) is 0 Å². The summed E-state index contributed by atoms with van der Waals surface area (Å²) >= 11 is 0. The number of rotatable bonds is 4. The maximum Gasteiger partial charge on any atom is 0.404 e. The van der Waals surface area contributed by atoms with E-state index in [1.165, 1.54) is 0 Å². The van der Waals surface area contributed by atoms with Crippen LogP contribution in [0.15, 0.2) is 4.99 Å². The van der Waals surface area contributed by atoms with E-state index in [0.29, 0.717) is 5.06 Å². The molecule has 2 fully saturated rings. The average molecular weight is 411 g/mol. The number of carbonyl (C=O) groups excluding carboxylic acids is 1. The molecule has 0 aromatic carbocycles. The molecule has 3 aliphatic rings. The highest BCUT2D eigenvalue weighted by Gasteiger charge is 2.76. The van der Waals surface area contributed by atoms with Crippen LogP contribution in [0.2, 0.25) is 0 Å². The van der Waals surface area contributed by atoms with Crippen LogP contribution in [-0.4, -0.2) is 99.2 Å². The molecule has 17 heteroatoms. The van der Waals surface area contributed by atoms with Crippen molar-refractivity contribution in [1.29, 1.82) is 5.41 Å². The van der Waals surface area contributed by atoms with Gasteiger partial charge in [-0.1, -0.05) is 0 Å². The number of ether oxygens (including phenoxy) is 1. The molecule has 0 aromatic rings. The van der Waals surface area contributed by atoms with Gasteiger partial charge in [-0.15, -0.1) is 0 Å². The van der Waals surface area contributed by atoms with Crippen LogP contribution in [0.25, 0.3) is 0 Å². The van der Waals surface area contributed by atoms with Crippen molar-refractivity contribution >= 4 is 28.4 Å². The number of nitrogens with zero attached hydrogens (tertiary/aromatic N) is 3. The number of aliphatic imine (C=N–C) groups is 1. The Hall–Kier alpha value is -2.44. The third-order valence-corrected chi connectivity index (χ3v) is 5.07. The number of hydrogen-bond acceptors (Lipinski definition) is 12. The van der Waals surface area contributed by atoms with Gasteiger partial charge in [-0.25, -0.2) is 19.0 Å². The summed E-state index contributed by atoms with van der Waals surface area (Å²) in [5.74, 6) is -4.16. The summed E-state index contributed by atoms with van der Waals surface area (Å²) in [4.78, 5) is 15.7. The predicted octanol–water partition coefficient (Wildman–Crippen LogP) is -4.74. The lowest BCUT2D eigenvalue weighted by Gasteiger charge is -2.52. The van der Waals surface area contributed by atoms with Gasteiger partial charge in [-0.3, -0.25) is 15.2 Å². The Kier molecular flexibility index (Phi) is 4.13. The third-order valence-electron chi connectivity index (χ3n) is 4.59. The molecule has 27 heavy (non-hydrogen) atoms. The third kappa shape index (κ3) is 2.71. The molecule has 3 aliphatic heterocycles. The first-order chi connectivity index (χ1) is 12.3. The Bertz CT molecular complexity index is 816. The lowest BCUT2D eigenvalue weighted by molar-refractivity contribution is -0.265. The van der Waals surface area contributed by atoms with E-state index in [0.717, 1.165) is 4.90 Å². The Balaban J connectivity index is 2.07. The Labute approximate surface area is 151 Å². The lowest BCUT2D eigenvalue weighted by Crippen LogP contribution is -2.80. The Morgan fingerprint density at radius 1 is 1.48 bits per heavy atom. The van der Waals surface area contributed by atoms with Gasteiger partial charge in [0.05, 0.1) is 6.54 Å². The van der Waals surface area contributed by atoms with Crippen molar-refractivity contribution in [1.82, 2.24) is 15.3 Å². The molecule has 152 valence electrons. The van der Waals surface area contributed by atoms with Gasteiger partial charge < -0.3 is 36.6 Å². The number of amides is 1. The van der Waals surface area contributed by atoms with Crippen LogP contribution in [0.5, 0.6) is 0 Å². The molecular weight excluding hydrogens is 394 g/mol. The van der Waals surface area contributed by atoms with Gasteiger partial charge in [-0.05, 0) is 0 Å². The Morgan fingerprint density at radius 3 is 2.67 bits per heavy atom. The summed E-state index contributed by atoms with van der Waals surface area (Å²) in [6.07, 6.45) is -3.19. The van der Waals surface area contributed by atoms with E-state index in [1.807, 2.05) is 0 Å². The fraction of sp³-hybridized carbons (Fsp3) is 0.700. The molecule has 0 aliphatic carbocycles. The van der Waals surface area contributed by atoms with Gasteiger partial charge in [0.15, 0.2) is 17.7 Å². The van der Waals surface area contributed by atoms with Gasteiger partial charge in [0, 0.05) is 0 Å². The summed E-state index contributed by atoms with van der Waals surface area (Å²) in [7, 11) is -5.11. The minimum absolute atomic E-state index is 0.321. The maximum absolute atomic E-state index is 11.1. The number of nitrogens with one attached hydrogen (secondary N) is 2. The Morgan fingerprint density at radius 2 is 2.11 bits per heavy atom. The van der Waals surface area contributed by atoms with E-state index in [4.69, 9.17) is 21.4 Å².